The maximum atomic E-state index is 13.2. The van der Waals surface area contributed by atoms with Crippen LogP contribution < -0.4 is 10.6 Å². The van der Waals surface area contributed by atoms with E-state index >= 15 is 0 Å². The summed E-state index contributed by atoms with van der Waals surface area (Å²) in [5.41, 5.74) is 1.92. The summed E-state index contributed by atoms with van der Waals surface area (Å²) in [6, 6.07) is 14.9. The van der Waals surface area contributed by atoms with E-state index in [1.807, 2.05) is 0 Å². The van der Waals surface area contributed by atoms with Gasteiger partial charge in [-0.2, -0.15) is 0 Å². The monoisotopic (exact) mass is 616 g/mol. The van der Waals surface area contributed by atoms with Crippen molar-refractivity contribution in [3.63, 3.8) is 0 Å². The lowest BCUT2D eigenvalue weighted by atomic mass is 10.0. The summed E-state index contributed by atoms with van der Waals surface area (Å²) in [6.07, 6.45) is 1.07. The van der Waals surface area contributed by atoms with Gasteiger partial charge in [0.1, 0.15) is 18.7 Å². The van der Waals surface area contributed by atoms with E-state index in [9.17, 15) is 19.2 Å². The Morgan fingerprint density at radius 2 is 1.78 bits per heavy atom. The molecule has 2 N–H and O–H groups in total. The minimum atomic E-state index is -1.01. The molecule has 13 heteroatoms. The van der Waals surface area contributed by atoms with Gasteiger partial charge < -0.3 is 20.1 Å². The van der Waals surface area contributed by atoms with Crippen LogP contribution in [0.3, 0.4) is 0 Å². The summed E-state index contributed by atoms with van der Waals surface area (Å²) in [7, 11) is 1.23. The Balaban J connectivity index is 1.37. The molecule has 1 aromatic heterocycles. The second kappa shape index (κ2) is 14.2. The first-order chi connectivity index (χ1) is 19.8. The van der Waals surface area contributed by atoms with Crippen LogP contribution in [0.25, 0.3) is 0 Å². The first kappa shape index (κ1) is 30.2. The fourth-order valence-corrected chi connectivity index (χ4v) is 5.72. The molecule has 0 saturated carbocycles. The molecule has 2 atom stereocenters. The van der Waals surface area contributed by atoms with E-state index in [0.29, 0.717) is 22.7 Å². The Hall–Kier alpha value is -3.80. The van der Waals surface area contributed by atoms with Gasteiger partial charge in [0.25, 0.3) is 5.91 Å². The number of methoxy groups -OCH3 is 1. The smallest absolute Gasteiger partial charge is 0.411 e. The summed E-state index contributed by atoms with van der Waals surface area (Å²) in [5.74, 6) is -0.984. The quantitative estimate of drug-likeness (QED) is 0.335. The van der Waals surface area contributed by atoms with Gasteiger partial charge in [-0.25, -0.2) is 9.59 Å². The number of anilines is 1. The lowest BCUT2D eigenvalue weighted by Gasteiger charge is -2.24. The third-order valence-corrected chi connectivity index (χ3v) is 7.77. The van der Waals surface area contributed by atoms with Crippen molar-refractivity contribution < 1.29 is 28.7 Å². The number of hydrogen-bond acceptors (Lipinski definition) is 8. The zero-order chi connectivity index (χ0) is 29.4. The standard InChI is InChI=1S/C28H26Cl2N4O6S/c1-39-27(37)22(13-17-8-10-18(11-9-17)32-26(36)24-20(29)6-4-7-21(24)30)33-25(35)23-15-41-16-34(23)28(38)40-14-19-5-2-3-12-31-19/h2-12,22-23H,13-16H2,1H3,(H,32,36)(H,33,35)/t22-,23+/m0/s1. The fraction of sp³-hybridized carbons (Fsp3) is 0.250. The molecule has 2 heterocycles. The summed E-state index contributed by atoms with van der Waals surface area (Å²) in [6.45, 7) is -0.0260. The Morgan fingerprint density at radius 3 is 2.44 bits per heavy atom. The van der Waals surface area contributed by atoms with Crippen molar-refractivity contribution in [1.29, 1.82) is 0 Å². The molecule has 1 aliphatic heterocycles. The fourth-order valence-electron chi connectivity index (χ4n) is 4.01. The lowest BCUT2D eigenvalue weighted by molar-refractivity contribution is -0.145. The average Bonchev–Trinajstić information content (AvgIpc) is 3.47. The van der Waals surface area contributed by atoms with E-state index in [1.165, 1.54) is 23.8 Å². The van der Waals surface area contributed by atoms with Crippen molar-refractivity contribution >= 4 is 64.5 Å². The minimum absolute atomic E-state index is 0.0260. The largest absolute Gasteiger partial charge is 0.467 e. The number of esters is 1. The van der Waals surface area contributed by atoms with Gasteiger partial charge in [0.2, 0.25) is 5.91 Å². The molecule has 3 amide bonds. The van der Waals surface area contributed by atoms with Crippen LogP contribution in [-0.4, -0.2) is 64.6 Å². The molecule has 214 valence electrons. The van der Waals surface area contributed by atoms with E-state index in [-0.39, 0.29) is 34.5 Å². The van der Waals surface area contributed by atoms with Gasteiger partial charge in [-0.1, -0.05) is 47.5 Å². The molecule has 4 rings (SSSR count). The van der Waals surface area contributed by atoms with Crippen LogP contribution in [0.4, 0.5) is 10.5 Å². The van der Waals surface area contributed by atoms with Crippen LogP contribution in [-0.2, 0) is 32.1 Å². The number of rotatable bonds is 9. The van der Waals surface area contributed by atoms with Crippen LogP contribution in [0.15, 0.2) is 66.9 Å². The van der Waals surface area contributed by atoms with Crippen LogP contribution in [0.5, 0.6) is 0 Å². The van der Waals surface area contributed by atoms with Crippen molar-refractivity contribution in [2.24, 2.45) is 0 Å². The van der Waals surface area contributed by atoms with Gasteiger partial charge >= 0.3 is 12.1 Å². The van der Waals surface area contributed by atoms with Gasteiger partial charge in [-0.05, 0) is 42.0 Å². The Bertz CT molecular complexity index is 1390. The minimum Gasteiger partial charge on any atom is -0.467 e. The number of hydrogen-bond donors (Lipinski definition) is 2. The molecule has 1 aliphatic rings. The predicted molar refractivity (Wildman–Crippen MR) is 156 cm³/mol. The van der Waals surface area contributed by atoms with Crippen LogP contribution in [0.1, 0.15) is 21.6 Å². The molecule has 0 spiro atoms. The lowest BCUT2D eigenvalue weighted by Crippen LogP contribution is -2.52. The van der Waals surface area contributed by atoms with Crippen LogP contribution in [0.2, 0.25) is 10.0 Å². The first-order valence-corrected chi connectivity index (χ1v) is 14.3. The van der Waals surface area contributed by atoms with Crippen molar-refractivity contribution in [3.05, 3.63) is 93.7 Å². The molecule has 0 unspecified atom stereocenters. The first-order valence-electron chi connectivity index (χ1n) is 12.4. The molecular formula is C28H26Cl2N4O6S. The van der Waals surface area contributed by atoms with Gasteiger partial charge in [0, 0.05) is 24.1 Å². The highest BCUT2D eigenvalue weighted by atomic mass is 35.5. The second-order valence-corrected chi connectivity index (χ2v) is 10.7. The number of pyridine rings is 1. The van der Waals surface area contributed by atoms with Gasteiger partial charge in [-0.15, -0.1) is 11.8 Å². The van der Waals surface area contributed by atoms with E-state index in [0.717, 1.165) is 0 Å². The SMILES string of the molecule is COC(=O)[C@H](Cc1ccc(NC(=O)c2c(Cl)cccc2Cl)cc1)NC(=O)[C@H]1CSCN1C(=O)OCc1ccccn1. The molecule has 3 aromatic rings. The van der Waals surface area contributed by atoms with Crippen molar-refractivity contribution in [2.75, 3.05) is 24.1 Å². The molecule has 0 radical (unpaired) electrons. The normalized spacial score (nSPS) is 15.1. The number of aromatic nitrogens is 1. The van der Waals surface area contributed by atoms with Crippen molar-refractivity contribution in [2.45, 2.75) is 25.1 Å². The van der Waals surface area contributed by atoms with Gasteiger partial charge in [0.15, 0.2) is 0 Å². The molecule has 1 fully saturated rings. The van der Waals surface area contributed by atoms with E-state index in [2.05, 4.69) is 15.6 Å². The number of thioether (sulfide) groups is 1. The highest BCUT2D eigenvalue weighted by molar-refractivity contribution is 7.99. The molecule has 2 aromatic carbocycles. The predicted octanol–water partition coefficient (Wildman–Crippen LogP) is 4.55. The maximum absolute atomic E-state index is 13.2. The molecule has 1 saturated heterocycles. The number of halogens is 2. The summed E-state index contributed by atoms with van der Waals surface area (Å²) in [4.78, 5) is 56.5. The summed E-state index contributed by atoms with van der Waals surface area (Å²) < 4.78 is 10.2. The number of carbonyl (C=O) groups is 4. The van der Waals surface area contributed by atoms with Gasteiger partial charge in [0.05, 0.1) is 34.3 Å². The average molecular weight is 618 g/mol. The molecule has 0 bridgehead atoms. The second-order valence-electron chi connectivity index (χ2n) is 8.90. The van der Waals surface area contributed by atoms with Crippen LogP contribution >= 0.6 is 35.0 Å². The van der Waals surface area contributed by atoms with E-state index in [4.69, 9.17) is 32.7 Å². The number of carbonyl (C=O) groups excluding carboxylic acids is 4. The Kier molecular flexibility index (Phi) is 10.4. The van der Waals surface area contributed by atoms with Crippen LogP contribution in [0, 0.1) is 0 Å². The summed E-state index contributed by atoms with van der Waals surface area (Å²) >= 11 is 13.6. The number of amides is 3. The van der Waals surface area contributed by atoms with E-state index < -0.39 is 36.0 Å². The highest BCUT2D eigenvalue weighted by Gasteiger charge is 2.37. The number of ether oxygens (including phenoxy) is 2. The molecule has 0 aliphatic carbocycles. The maximum Gasteiger partial charge on any atom is 0.411 e. The summed E-state index contributed by atoms with van der Waals surface area (Å²) in [5, 5.41) is 5.90. The molecule has 41 heavy (non-hydrogen) atoms. The number of nitrogens with one attached hydrogen (secondary N) is 2. The third-order valence-electron chi connectivity index (χ3n) is 6.13. The number of nitrogens with zero attached hydrogens (tertiary/aromatic N) is 2. The number of benzene rings is 2. The molecular weight excluding hydrogens is 591 g/mol. The Morgan fingerprint density at radius 1 is 1.05 bits per heavy atom. The molecule has 10 nitrogen and oxygen atoms in total. The zero-order valence-electron chi connectivity index (χ0n) is 21.8. The van der Waals surface area contributed by atoms with Gasteiger partial charge in [-0.3, -0.25) is 19.5 Å². The zero-order valence-corrected chi connectivity index (χ0v) is 24.2. The van der Waals surface area contributed by atoms with E-state index in [1.54, 1.807) is 66.9 Å². The third kappa shape index (κ3) is 7.90. The highest BCUT2D eigenvalue weighted by Crippen LogP contribution is 2.26. The van der Waals surface area contributed by atoms with Crippen molar-refractivity contribution in [3.8, 4) is 0 Å². The topological polar surface area (TPSA) is 127 Å². The van der Waals surface area contributed by atoms with Crippen molar-refractivity contribution in [1.82, 2.24) is 15.2 Å². The Labute approximate surface area is 250 Å².